The highest BCUT2D eigenvalue weighted by Gasteiger charge is 2.27. The van der Waals surface area contributed by atoms with Crippen LogP contribution in [0.15, 0.2) is 30.6 Å². The number of hydrogen-bond acceptors (Lipinski definition) is 8. The summed E-state index contributed by atoms with van der Waals surface area (Å²) in [5.41, 5.74) is 2.18. The number of benzene rings is 1. The number of hydrogen-bond donors (Lipinski definition) is 1. The zero-order valence-electron chi connectivity index (χ0n) is 20.8. The van der Waals surface area contributed by atoms with Gasteiger partial charge < -0.3 is 19.9 Å². The second-order valence-electron chi connectivity index (χ2n) is 9.24. The van der Waals surface area contributed by atoms with Gasteiger partial charge in [0.25, 0.3) is 5.91 Å². The lowest BCUT2D eigenvalue weighted by atomic mass is 10.1. The lowest BCUT2D eigenvalue weighted by Gasteiger charge is -2.37. The molecule has 2 saturated heterocycles. The van der Waals surface area contributed by atoms with Crippen molar-refractivity contribution in [2.45, 2.75) is 32.7 Å². The molecule has 0 saturated carbocycles. The van der Waals surface area contributed by atoms with Crippen LogP contribution in [-0.4, -0.2) is 79.7 Å². The maximum absolute atomic E-state index is 13.1. The van der Waals surface area contributed by atoms with Crippen LogP contribution in [0.25, 0.3) is 10.2 Å². The van der Waals surface area contributed by atoms with Crippen LogP contribution >= 0.6 is 11.3 Å². The van der Waals surface area contributed by atoms with E-state index < -0.39 is 0 Å². The molecule has 1 N–H and O–H groups in total. The van der Waals surface area contributed by atoms with E-state index in [9.17, 15) is 4.79 Å². The summed E-state index contributed by atoms with van der Waals surface area (Å²) in [6, 6.07) is 8.66. The molecule has 35 heavy (non-hydrogen) atoms. The van der Waals surface area contributed by atoms with Crippen molar-refractivity contribution in [2.75, 3.05) is 62.7 Å². The van der Waals surface area contributed by atoms with Gasteiger partial charge in [-0.2, -0.15) is 0 Å². The van der Waals surface area contributed by atoms with E-state index in [2.05, 4.69) is 49.0 Å². The molecular weight excluding hydrogens is 460 g/mol. The Labute approximate surface area is 210 Å². The van der Waals surface area contributed by atoms with Crippen molar-refractivity contribution in [2.24, 2.45) is 0 Å². The third kappa shape index (κ3) is 4.79. The Morgan fingerprint density at radius 1 is 1.11 bits per heavy atom. The number of carbonyl (C=O) groups excluding carboxylic acids is 1. The normalized spacial score (nSPS) is 18.9. The number of fused-ring (bicyclic) bond motifs is 1. The molecule has 0 radical (unpaired) electrons. The third-order valence-corrected chi connectivity index (χ3v) is 8.53. The van der Waals surface area contributed by atoms with Crippen molar-refractivity contribution in [3.63, 3.8) is 0 Å². The van der Waals surface area contributed by atoms with E-state index in [-0.39, 0.29) is 5.91 Å². The minimum atomic E-state index is 0.00345. The van der Waals surface area contributed by atoms with Crippen LogP contribution in [-0.2, 0) is 0 Å². The fraction of sp³-hybridized carbons (Fsp3) is 0.500. The van der Waals surface area contributed by atoms with E-state index in [4.69, 9.17) is 4.74 Å². The number of amides is 1. The third-order valence-electron chi connectivity index (χ3n) is 7.33. The molecule has 186 valence electrons. The minimum Gasteiger partial charge on any atom is -0.497 e. The predicted molar refractivity (Wildman–Crippen MR) is 142 cm³/mol. The van der Waals surface area contributed by atoms with Crippen molar-refractivity contribution in [1.82, 2.24) is 20.2 Å². The average molecular weight is 495 g/mol. The number of carbonyl (C=O) groups is 1. The van der Waals surface area contributed by atoms with Crippen LogP contribution in [0.1, 0.15) is 35.0 Å². The first-order chi connectivity index (χ1) is 17.1. The molecule has 0 spiro atoms. The lowest BCUT2D eigenvalue weighted by Crippen LogP contribution is -2.46. The van der Waals surface area contributed by atoms with Crippen LogP contribution in [0.2, 0.25) is 0 Å². The quantitative estimate of drug-likeness (QED) is 0.538. The molecule has 0 aliphatic carbocycles. The number of anilines is 2. The van der Waals surface area contributed by atoms with Crippen molar-refractivity contribution in [3.05, 3.63) is 41.0 Å². The SMILES string of the molecule is CCN1CCCC1CNC(=O)c1sc2ncnc(N3CCN(c4ccc(OC)cc4)CC3)c2c1C. The first-order valence-corrected chi connectivity index (χ1v) is 13.3. The largest absolute Gasteiger partial charge is 0.497 e. The molecule has 2 aliphatic rings. The molecule has 1 amide bonds. The Hall–Kier alpha value is -2.91. The molecule has 5 rings (SSSR count). The van der Waals surface area contributed by atoms with Gasteiger partial charge >= 0.3 is 0 Å². The summed E-state index contributed by atoms with van der Waals surface area (Å²) in [6.45, 7) is 10.6. The van der Waals surface area contributed by atoms with Crippen LogP contribution in [0.5, 0.6) is 5.75 Å². The molecule has 2 aliphatic heterocycles. The highest BCUT2D eigenvalue weighted by Crippen LogP contribution is 2.35. The van der Waals surface area contributed by atoms with Crippen LogP contribution in [0, 0.1) is 6.92 Å². The van der Waals surface area contributed by atoms with Gasteiger partial charge in [0.15, 0.2) is 0 Å². The van der Waals surface area contributed by atoms with Gasteiger partial charge in [0.1, 0.15) is 22.7 Å². The van der Waals surface area contributed by atoms with E-state index in [1.807, 2.05) is 19.1 Å². The maximum Gasteiger partial charge on any atom is 0.261 e. The Kier molecular flexibility index (Phi) is 7.06. The van der Waals surface area contributed by atoms with Gasteiger partial charge in [-0.3, -0.25) is 9.69 Å². The first-order valence-electron chi connectivity index (χ1n) is 12.5. The Balaban J connectivity index is 1.29. The first kappa shape index (κ1) is 23.8. The fourth-order valence-corrected chi connectivity index (χ4v) is 6.37. The van der Waals surface area contributed by atoms with Gasteiger partial charge in [-0.25, -0.2) is 9.97 Å². The smallest absolute Gasteiger partial charge is 0.261 e. The van der Waals surface area contributed by atoms with Gasteiger partial charge in [-0.05, 0) is 62.7 Å². The number of likely N-dealkylation sites (N-methyl/N-ethyl adjacent to an activating group) is 1. The number of nitrogens with zero attached hydrogens (tertiary/aromatic N) is 5. The summed E-state index contributed by atoms with van der Waals surface area (Å²) in [6.07, 6.45) is 3.99. The number of methoxy groups -OCH3 is 1. The number of rotatable bonds is 7. The number of ether oxygens (including phenoxy) is 1. The van der Waals surface area contributed by atoms with Crippen LogP contribution in [0.3, 0.4) is 0 Å². The summed E-state index contributed by atoms with van der Waals surface area (Å²) < 4.78 is 5.28. The standard InChI is InChI=1S/C26H34N6O2S/c1-4-30-11-5-6-20(30)16-27-25(33)23-18(2)22-24(28-17-29-26(22)35-23)32-14-12-31(13-15-32)19-7-9-21(34-3)10-8-19/h7-10,17,20H,4-6,11-16H2,1-3H3,(H,27,33). The van der Waals surface area contributed by atoms with Crippen LogP contribution < -0.4 is 19.9 Å². The molecule has 1 atom stereocenters. The monoisotopic (exact) mass is 494 g/mol. The average Bonchev–Trinajstić information content (AvgIpc) is 3.51. The number of aryl methyl sites for hydroxylation is 1. The molecule has 8 nitrogen and oxygen atoms in total. The van der Waals surface area contributed by atoms with Crippen molar-refractivity contribution in [3.8, 4) is 5.75 Å². The Morgan fingerprint density at radius 3 is 2.57 bits per heavy atom. The second kappa shape index (κ2) is 10.4. The lowest BCUT2D eigenvalue weighted by molar-refractivity contribution is 0.0945. The Bertz CT molecular complexity index is 1170. The molecule has 3 aromatic rings. The van der Waals surface area contributed by atoms with E-state index in [0.29, 0.717) is 12.6 Å². The number of nitrogens with one attached hydrogen (secondary N) is 1. The maximum atomic E-state index is 13.1. The van der Waals surface area contributed by atoms with E-state index in [1.165, 1.54) is 23.4 Å². The molecule has 1 unspecified atom stereocenters. The molecule has 4 heterocycles. The highest BCUT2D eigenvalue weighted by atomic mass is 32.1. The zero-order valence-corrected chi connectivity index (χ0v) is 21.6. The van der Waals surface area contributed by atoms with Gasteiger partial charge in [0.05, 0.1) is 17.4 Å². The fourth-order valence-electron chi connectivity index (χ4n) is 5.31. The molecule has 2 fully saturated rings. The van der Waals surface area contributed by atoms with E-state index in [1.54, 1.807) is 13.4 Å². The van der Waals surface area contributed by atoms with Crippen molar-refractivity contribution >= 4 is 39.0 Å². The van der Waals surface area contributed by atoms with Crippen molar-refractivity contribution in [1.29, 1.82) is 0 Å². The summed E-state index contributed by atoms with van der Waals surface area (Å²) in [5.74, 6) is 1.81. The second-order valence-corrected chi connectivity index (χ2v) is 10.2. The number of piperazine rings is 1. The summed E-state index contributed by atoms with van der Waals surface area (Å²) in [7, 11) is 1.69. The van der Waals surface area contributed by atoms with Gasteiger partial charge in [0, 0.05) is 44.5 Å². The summed E-state index contributed by atoms with van der Waals surface area (Å²) in [5, 5.41) is 4.20. The Morgan fingerprint density at radius 2 is 1.86 bits per heavy atom. The molecule has 2 aromatic heterocycles. The number of aromatic nitrogens is 2. The summed E-state index contributed by atoms with van der Waals surface area (Å²) >= 11 is 1.47. The topological polar surface area (TPSA) is 73.8 Å². The molecule has 1 aromatic carbocycles. The number of thiophene rings is 1. The van der Waals surface area contributed by atoms with Gasteiger partial charge in [-0.15, -0.1) is 11.3 Å². The van der Waals surface area contributed by atoms with Crippen molar-refractivity contribution < 1.29 is 9.53 Å². The van der Waals surface area contributed by atoms with E-state index >= 15 is 0 Å². The molecular formula is C26H34N6O2S. The zero-order chi connectivity index (χ0) is 24.4. The molecule has 0 bridgehead atoms. The van der Waals surface area contributed by atoms with Crippen LogP contribution in [0.4, 0.5) is 11.5 Å². The number of likely N-dealkylation sites (tertiary alicyclic amines) is 1. The summed E-state index contributed by atoms with van der Waals surface area (Å²) in [4.78, 5) is 31.1. The minimum absolute atomic E-state index is 0.00345. The highest BCUT2D eigenvalue weighted by molar-refractivity contribution is 7.20. The molecule has 9 heteroatoms. The van der Waals surface area contributed by atoms with E-state index in [0.717, 1.165) is 77.9 Å². The van der Waals surface area contributed by atoms with Gasteiger partial charge in [-0.1, -0.05) is 6.92 Å². The predicted octanol–water partition coefficient (Wildman–Crippen LogP) is 3.55. The van der Waals surface area contributed by atoms with Gasteiger partial charge in [0.2, 0.25) is 0 Å².